The van der Waals surface area contributed by atoms with Gasteiger partial charge in [-0.2, -0.15) is 0 Å². The van der Waals surface area contributed by atoms with Gasteiger partial charge in [0.25, 0.3) is 0 Å². The molecule has 0 spiro atoms. The highest BCUT2D eigenvalue weighted by Crippen LogP contribution is 2.39. The predicted molar refractivity (Wildman–Crippen MR) is 74.2 cm³/mol. The Morgan fingerprint density at radius 2 is 1.67 bits per heavy atom. The van der Waals surface area contributed by atoms with Gasteiger partial charge >= 0.3 is 0 Å². The van der Waals surface area contributed by atoms with Gasteiger partial charge in [0.1, 0.15) is 0 Å². The Morgan fingerprint density at radius 1 is 1.17 bits per heavy atom. The van der Waals surface area contributed by atoms with Crippen molar-refractivity contribution in [2.45, 2.75) is 65.9 Å². The van der Waals surface area contributed by atoms with E-state index >= 15 is 0 Å². The Bertz CT molecular complexity index is 287. The molecule has 1 unspecified atom stereocenters. The molecule has 1 amide bonds. The summed E-state index contributed by atoms with van der Waals surface area (Å²) in [6, 6.07) is 0. The first-order valence-electron chi connectivity index (χ1n) is 7.15. The average Bonchev–Trinajstić information content (AvgIpc) is 2.30. The third-order valence-corrected chi connectivity index (χ3v) is 4.54. The molecule has 0 bridgehead atoms. The summed E-state index contributed by atoms with van der Waals surface area (Å²) in [5, 5.41) is 13.4. The zero-order valence-corrected chi connectivity index (χ0v) is 12.5. The fourth-order valence-corrected chi connectivity index (χ4v) is 2.28. The highest BCUT2D eigenvalue weighted by molar-refractivity contribution is 5.78. The second-order valence-corrected chi connectivity index (χ2v) is 7.14. The Balaban J connectivity index is 2.42. The van der Waals surface area contributed by atoms with E-state index in [9.17, 15) is 9.90 Å². The van der Waals surface area contributed by atoms with E-state index in [1.165, 1.54) is 0 Å². The molecular formula is C15H29NO2. The summed E-state index contributed by atoms with van der Waals surface area (Å²) in [4.78, 5) is 11.9. The first-order chi connectivity index (χ1) is 8.15. The smallest absolute Gasteiger partial charge is 0.223 e. The molecular weight excluding hydrogens is 226 g/mol. The zero-order valence-electron chi connectivity index (χ0n) is 12.5. The molecule has 1 rings (SSSR count). The predicted octanol–water partition coefficient (Wildman–Crippen LogP) is 2.73. The van der Waals surface area contributed by atoms with Crippen LogP contribution in [0.2, 0.25) is 0 Å². The maximum Gasteiger partial charge on any atom is 0.223 e. The number of nitrogens with one attached hydrogen (secondary N) is 1. The standard InChI is InChI=1S/C15H29NO2/c1-11(2)12(3)13(17)16-10-15(18)8-6-14(4,5)7-9-15/h11-12,18H,6-10H2,1-5H3,(H,16,17). The number of amides is 1. The van der Waals surface area contributed by atoms with E-state index < -0.39 is 5.60 Å². The van der Waals surface area contributed by atoms with Crippen LogP contribution in [0.3, 0.4) is 0 Å². The molecule has 1 saturated carbocycles. The molecule has 1 aliphatic rings. The van der Waals surface area contributed by atoms with Gasteiger partial charge in [0.15, 0.2) is 0 Å². The minimum absolute atomic E-state index is 0.00799. The van der Waals surface area contributed by atoms with Gasteiger partial charge in [-0.3, -0.25) is 4.79 Å². The second-order valence-electron chi connectivity index (χ2n) is 7.14. The average molecular weight is 255 g/mol. The number of hydrogen-bond donors (Lipinski definition) is 2. The van der Waals surface area contributed by atoms with Crippen LogP contribution in [0.4, 0.5) is 0 Å². The van der Waals surface area contributed by atoms with Crippen molar-refractivity contribution < 1.29 is 9.90 Å². The molecule has 0 heterocycles. The monoisotopic (exact) mass is 255 g/mol. The molecule has 1 fully saturated rings. The lowest BCUT2D eigenvalue weighted by Crippen LogP contribution is -2.48. The fourth-order valence-electron chi connectivity index (χ4n) is 2.28. The van der Waals surface area contributed by atoms with Crippen LogP contribution < -0.4 is 5.32 Å². The van der Waals surface area contributed by atoms with Crippen LogP contribution in [0, 0.1) is 17.3 Å². The van der Waals surface area contributed by atoms with Crippen molar-refractivity contribution in [2.75, 3.05) is 6.54 Å². The molecule has 0 aliphatic heterocycles. The lowest BCUT2D eigenvalue weighted by molar-refractivity contribution is -0.127. The Kier molecular flexibility index (Phi) is 4.82. The quantitative estimate of drug-likeness (QED) is 0.811. The summed E-state index contributed by atoms with van der Waals surface area (Å²) < 4.78 is 0. The number of carbonyl (C=O) groups is 1. The number of hydrogen-bond acceptors (Lipinski definition) is 2. The Hall–Kier alpha value is -0.570. The summed E-state index contributed by atoms with van der Waals surface area (Å²) in [6.45, 7) is 10.9. The highest BCUT2D eigenvalue weighted by atomic mass is 16.3. The SMILES string of the molecule is CC(C)C(C)C(=O)NCC1(O)CCC(C)(C)CC1. The Morgan fingerprint density at radius 3 is 2.11 bits per heavy atom. The molecule has 106 valence electrons. The van der Waals surface area contributed by atoms with E-state index in [0.29, 0.717) is 17.9 Å². The highest BCUT2D eigenvalue weighted by Gasteiger charge is 2.37. The molecule has 0 saturated heterocycles. The summed E-state index contributed by atoms with van der Waals surface area (Å²) in [7, 11) is 0. The number of carbonyl (C=O) groups excluding carboxylic acids is 1. The summed E-state index contributed by atoms with van der Waals surface area (Å²) in [6.07, 6.45) is 3.63. The molecule has 18 heavy (non-hydrogen) atoms. The van der Waals surface area contributed by atoms with Crippen molar-refractivity contribution in [2.24, 2.45) is 17.3 Å². The third kappa shape index (κ3) is 4.27. The van der Waals surface area contributed by atoms with Crippen molar-refractivity contribution in [3.8, 4) is 0 Å². The van der Waals surface area contributed by atoms with Crippen molar-refractivity contribution in [3.05, 3.63) is 0 Å². The largest absolute Gasteiger partial charge is 0.388 e. The molecule has 0 aromatic rings. The minimum atomic E-state index is -0.693. The van der Waals surface area contributed by atoms with Crippen molar-refractivity contribution >= 4 is 5.91 Å². The third-order valence-electron chi connectivity index (χ3n) is 4.54. The topological polar surface area (TPSA) is 49.3 Å². The first kappa shape index (κ1) is 15.5. The maximum atomic E-state index is 11.9. The van der Waals surface area contributed by atoms with Crippen LogP contribution in [-0.4, -0.2) is 23.2 Å². The number of aliphatic hydroxyl groups is 1. The van der Waals surface area contributed by atoms with Gasteiger partial charge in [-0.05, 0) is 37.0 Å². The van der Waals surface area contributed by atoms with Gasteiger partial charge in [-0.25, -0.2) is 0 Å². The molecule has 3 heteroatoms. The van der Waals surface area contributed by atoms with E-state index in [-0.39, 0.29) is 11.8 Å². The second kappa shape index (κ2) is 5.60. The van der Waals surface area contributed by atoms with Crippen molar-refractivity contribution in [1.82, 2.24) is 5.32 Å². The van der Waals surface area contributed by atoms with Gasteiger partial charge in [0.05, 0.1) is 5.60 Å². The van der Waals surface area contributed by atoms with Crippen LogP contribution in [-0.2, 0) is 4.79 Å². The zero-order chi connectivity index (χ0) is 14.0. The van der Waals surface area contributed by atoms with Crippen molar-refractivity contribution in [3.63, 3.8) is 0 Å². The van der Waals surface area contributed by atoms with Gasteiger partial charge < -0.3 is 10.4 Å². The molecule has 1 atom stereocenters. The summed E-state index contributed by atoms with van der Waals surface area (Å²) >= 11 is 0. The van der Waals surface area contributed by atoms with E-state index in [0.717, 1.165) is 25.7 Å². The van der Waals surface area contributed by atoms with Crippen LogP contribution in [0.15, 0.2) is 0 Å². The van der Waals surface area contributed by atoms with Gasteiger partial charge in [-0.15, -0.1) is 0 Å². The summed E-state index contributed by atoms with van der Waals surface area (Å²) in [5.41, 5.74) is -0.358. The lowest BCUT2D eigenvalue weighted by Gasteiger charge is -2.40. The summed E-state index contributed by atoms with van der Waals surface area (Å²) in [5.74, 6) is 0.404. The first-order valence-corrected chi connectivity index (χ1v) is 7.15. The normalized spacial score (nSPS) is 23.7. The van der Waals surface area contributed by atoms with Crippen LogP contribution in [0.1, 0.15) is 60.3 Å². The van der Waals surface area contributed by atoms with Gasteiger partial charge in [0.2, 0.25) is 5.91 Å². The van der Waals surface area contributed by atoms with E-state index in [1.54, 1.807) is 0 Å². The van der Waals surface area contributed by atoms with Crippen molar-refractivity contribution in [1.29, 1.82) is 0 Å². The Labute approximate surface area is 111 Å². The molecule has 1 aliphatic carbocycles. The molecule has 0 aromatic carbocycles. The fraction of sp³-hybridized carbons (Fsp3) is 0.933. The minimum Gasteiger partial charge on any atom is -0.388 e. The molecule has 2 N–H and O–H groups in total. The van der Waals surface area contributed by atoms with Gasteiger partial charge in [0, 0.05) is 12.5 Å². The van der Waals surface area contributed by atoms with E-state index in [1.807, 2.05) is 20.8 Å². The molecule has 0 radical (unpaired) electrons. The molecule has 3 nitrogen and oxygen atoms in total. The molecule has 0 aromatic heterocycles. The van der Waals surface area contributed by atoms with E-state index in [4.69, 9.17) is 0 Å². The van der Waals surface area contributed by atoms with Gasteiger partial charge in [-0.1, -0.05) is 34.6 Å². The van der Waals surface area contributed by atoms with E-state index in [2.05, 4.69) is 19.2 Å². The van der Waals surface area contributed by atoms with Crippen LogP contribution in [0.25, 0.3) is 0 Å². The lowest BCUT2D eigenvalue weighted by atomic mass is 9.71. The van der Waals surface area contributed by atoms with Crippen LogP contribution in [0.5, 0.6) is 0 Å². The maximum absolute atomic E-state index is 11.9. The van der Waals surface area contributed by atoms with Crippen LogP contribution >= 0.6 is 0 Å². The number of rotatable bonds is 4.